The average molecular weight is 436 g/mol. The standard InChI is InChI=1S/C20H26ClN5O2S/c1-2-22-20(23-11-9-16-7-8-19(21)25-15-16)24-12-14-29(27,28)26-13-10-17-5-3-4-6-18(17)26/h3-8,15H,2,9-14H2,1H3,(H2,22,23,24). The van der Waals surface area contributed by atoms with Crippen molar-refractivity contribution in [3.63, 3.8) is 0 Å². The van der Waals surface area contributed by atoms with E-state index < -0.39 is 10.0 Å². The van der Waals surface area contributed by atoms with Gasteiger partial charge in [-0.2, -0.15) is 0 Å². The van der Waals surface area contributed by atoms with E-state index in [1.807, 2.05) is 37.3 Å². The SMILES string of the molecule is CCNC(=NCCS(=O)(=O)N1CCc2ccccc21)NCCc1ccc(Cl)nc1. The van der Waals surface area contributed by atoms with Crippen molar-refractivity contribution in [2.24, 2.45) is 4.99 Å². The molecule has 1 aromatic carbocycles. The number of pyridine rings is 1. The summed E-state index contributed by atoms with van der Waals surface area (Å²) >= 11 is 5.80. The number of hydrogen-bond donors (Lipinski definition) is 2. The number of halogens is 1. The second kappa shape index (κ2) is 9.93. The van der Waals surface area contributed by atoms with Crippen LogP contribution in [-0.4, -0.2) is 51.3 Å². The molecule has 2 N–H and O–H groups in total. The number of benzene rings is 1. The molecule has 0 radical (unpaired) electrons. The van der Waals surface area contributed by atoms with Crippen LogP contribution in [0.4, 0.5) is 5.69 Å². The Hall–Kier alpha value is -2.32. The predicted octanol–water partition coefficient (Wildman–Crippen LogP) is 2.23. The van der Waals surface area contributed by atoms with Crippen molar-refractivity contribution in [1.82, 2.24) is 15.6 Å². The van der Waals surface area contributed by atoms with Gasteiger partial charge in [-0.1, -0.05) is 35.9 Å². The van der Waals surface area contributed by atoms with E-state index in [2.05, 4.69) is 20.6 Å². The fourth-order valence-electron chi connectivity index (χ4n) is 3.20. The summed E-state index contributed by atoms with van der Waals surface area (Å²) in [5, 5.41) is 6.84. The number of nitrogens with one attached hydrogen (secondary N) is 2. The highest BCUT2D eigenvalue weighted by Crippen LogP contribution is 2.29. The van der Waals surface area contributed by atoms with E-state index in [0.717, 1.165) is 29.7 Å². The molecular weight excluding hydrogens is 410 g/mol. The van der Waals surface area contributed by atoms with Crippen molar-refractivity contribution in [3.05, 3.63) is 58.9 Å². The van der Waals surface area contributed by atoms with E-state index in [9.17, 15) is 8.42 Å². The van der Waals surface area contributed by atoms with E-state index in [0.29, 0.717) is 30.7 Å². The van der Waals surface area contributed by atoms with Crippen LogP contribution in [0, 0.1) is 0 Å². The maximum absolute atomic E-state index is 12.8. The van der Waals surface area contributed by atoms with Crippen LogP contribution < -0.4 is 14.9 Å². The number of rotatable bonds is 8. The van der Waals surface area contributed by atoms with Crippen molar-refractivity contribution in [2.75, 3.05) is 36.2 Å². The molecule has 0 saturated heterocycles. The molecule has 3 rings (SSSR count). The minimum absolute atomic E-state index is 0.0288. The lowest BCUT2D eigenvalue weighted by molar-refractivity contribution is 0.592. The van der Waals surface area contributed by atoms with Crippen LogP contribution >= 0.6 is 11.6 Å². The van der Waals surface area contributed by atoms with E-state index >= 15 is 0 Å². The number of aromatic nitrogens is 1. The monoisotopic (exact) mass is 435 g/mol. The third-order valence-corrected chi connectivity index (χ3v) is 6.61. The molecule has 0 fully saturated rings. The molecule has 2 heterocycles. The van der Waals surface area contributed by atoms with Gasteiger partial charge in [0.05, 0.1) is 18.0 Å². The lowest BCUT2D eigenvalue weighted by Crippen LogP contribution is -2.39. The zero-order valence-electron chi connectivity index (χ0n) is 16.4. The number of guanidine groups is 1. The Morgan fingerprint density at radius 2 is 2.07 bits per heavy atom. The zero-order chi connectivity index (χ0) is 20.7. The first-order valence-electron chi connectivity index (χ1n) is 9.70. The normalized spacial score (nSPS) is 14.0. The van der Waals surface area contributed by atoms with Gasteiger partial charge in [0.1, 0.15) is 5.15 Å². The Kier molecular flexibility index (Phi) is 7.33. The number of para-hydroxylation sites is 1. The fraction of sp³-hybridized carbons (Fsp3) is 0.400. The molecule has 1 aliphatic heterocycles. The first-order chi connectivity index (χ1) is 14.0. The van der Waals surface area contributed by atoms with Crippen LogP contribution in [0.15, 0.2) is 47.6 Å². The van der Waals surface area contributed by atoms with Crippen molar-refractivity contribution >= 4 is 33.3 Å². The fourth-order valence-corrected chi connectivity index (χ4v) is 4.70. The van der Waals surface area contributed by atoms with Crippen LogP contribution in [-0.2, 0) is 22.9 Å². The van der Waals surface area contributed by atoms with Gasteiger partial charge in [-0.15, -0.1) is 0 Å². The molecule has 7 nitrogen and oxygen atoms in total. The molecule has 1 aromatic heterocycles. The Labute approximate surface area is 177 Å². The molecule has 29 heavy (non-hydrogen) atoms. The number of nitrogens with zero attached hydrogens (tertiary/aromatic N) is 3. The van der Waals surface area contributed by atoms with Crippen LogP contribution in [0.5, 0.6) is 0 Å². The quantitative estimate of drug-likeness (QED) is 0.377. The van der Waals surface area contributed by atoms with Gasteiger partial charge >= 0.3 is 0 Å². The summed E-state index contributed by atoms with van der Waals surface area (Å²) in [6.45, 7) is 4.01. The Balaban J connectivity index is 1.54. The van der Waals surface area contributed by atoms with E-state index in [1.165, 1.54) is 4.31 Å². The summed E-state index contributed by atoms with van der Waals surface area (Å²) in [4.78, 5) is 8.49. The van der Waals surface area contributed by atoms with Crippen LogP contribution in [0.1, 0.15) is 18.1 Å². The highest BCUT2D eigenvalue weighted by Gasteiger charge is 2.28. The van der Waals surface area contributed by atoms with Gasteiger partial charge < -0.3 is 10.6 Å². The summed E-state index contributed by atoms with van der Waals surface area (Å²) in [6, 6.07) is 11.3. The van der Waals surface area contributed by atoms with Gasteiger partial charge in [0.2, 0.25) is 10.0 Å². The average Bonchev–Trinajstić information content (AvgIpc) is 3.14. The van der Waals surface area contributed by atoms with Crippen LogP contribution in [0.2, 0.25) is 5.15 Å². The number of sulfonamides is 1. The van der Waals surface area contributed by atoms with Crippen molar-refractivity contribution in [2.45, 2.75) is 19.8 Å². The molecule has 156 valence electrons. The number of hydrogen-bond acceptors (Lipinski definition) is 4. The molecule has 0 unspecified atom stereocenters. The summed E-state index contributed by atoms with van der Waals surface area (Å²) in [7, 11) is -3.40. The lowest BCUT2D eigenvalue weighted by atomic mass is 10.2. The maximum atomic E-state index is 12.8. The van der Waals surface area contributed by atoms with Crippen molar-refractivity contribution in [3.8, 4) is 0 Å². The van der Waals surface area contributed by atoms with Gasteiger partial charge in [0.15, 0.2) is 5.96 Å². The molecule has 0 saturated carbocycles. The molecule has 1 aliphatic rings. The maximum Gasteiger partial charge on any atom is 0.237 e. The highest BCUT2D eigenvalue weighted by molar-refractivity contribution is 7.92. The number of anilines is 1. The highest BCUT2D eigenvalue weighted by atomic mass is 35.5. The number of fused-ring (bicyclic) bond motifs is 1. The van der Waals surface area contributed by atoms with E-state index in [1.54, 1.807) is 12.3 Å². The number of aliphatic imine (C=N–C) groups is 1. The predicted molar refractivity (Wildman–Crippen MR) is 118 cm³/mol. The van der Waals surface area contributed by atoms with Gasteiger partial charge in [-0.3, -0.25) is 9.30 Å². The minimum atomic E-state index is -3.40. The summed E-state index contributed by atoms with van der Waals surface area (Å²) < 4.78 is 27.0. The van der Waals surface area contributed by atoms with Crippen LogP contribution in [0.25, 0.3) is 0 Å². The first kappa shape index (κ1) is 21.4. The summed E-state index contributed by atoms with van der Waals surface area (Å²) in [5.74, 6) is 0.574. The lowest BCUT2D eigenvalue weighted by Gasteiger charge is -2.19. The summed E-state index contributed by atoms with van der Waals surface area (Å²) in [6.07, 6.45) is 3.26. The molecule has 0 bridgehead atoms. The molecule has 0 spiro atoms. The van der Waals surface area contributed by atoms with Crippen molar-refractivity contribution in [1.29, 1.82) is 0 Å². The van der Waals surface area contributed by atoms with Gasteiger partial charge in [0, 0.05) is 25.8 Å². The molecule has 2 aromatic rings. The molecule has 0 atom stereocenters. The minimum Gasteiger partial charge on any atom is -0.357 e. The second-order valence-corrected chi connectivity index (χ2v) is 9.09. The molecule has 0 amide bonds. The Morgan fingerprint density at radius 1 is 1.24 bits per heavy atom. The Bertz CT molecular complexity index is 948. The van der Waals surface area contributed by atoms with Crippen molar-refractivity contribution < 1.29 is 8.42 Å². The van der Waals surface area contributed by atoms with Gasteiger partial charge in [-0.05, 0) is 43.0 Å². The van der Waals surface area contributed by atoms with E-state index in [-0.39, 0.29) is 12.3 Å². The largest absolute Gasteiger partial charge is 0.357 e. The van der Waals surface area contributed by atoms with Gasteiger partial charge in [-0.25, -0.2) is 13.4 Å². The van der Waals surface area contributed by atoms with Gasteiger partial charge in [0.25, 0.3) is 0 Å². The summed E-state index contributed by atoms with van der Waals surface area (Å²) in [5.41, 5.74) is 2.93. The molecule has 9 heteroatoms. The Morgan fingerprint density at radius 3 is 2.83 bits per heavy atom. The molecule has 0 aliphatic carbocycles. The zero-order valence-corrected chi connectivity index (χ0v) is 18.0. The first-order valence-corrected chi connectivity index (χ1v) is 11.7. The smallest absolute Gasteiger partial charge is 0.237 e. The topological polar surface area (TPSA) is 86.7 Å². The second-order valence-electron chi connectivity index (χ2n) is 6.69. The molecular formula is C20H26ClN5O2S. The third-order valence-electron chi connectivity index (χ3n) is 4.64. The third kappa shape index (κ3) is 5.83. The van der Waals surface area contributed by atoms with E-state index in [4.69, 9.17) is 11.6 Å². The van der Waals surface area contributed by atoms with Crippen LogP contribution in [0.3, 0.4) is 0 Å².